The van der Waals surface area contributed by atoms with Crippen molar-refractivity contribution in [2.45, 2.75) is 13.0 Å². The van der Waals surface area contributed by atoms with Gasteiger partial charge in [0.05, 0.1) is 0 Å². The number of nitrogens with zero attached hydrogens (tertiary/aromatic N) is 4. The molecule has 2 rings (SSSR count). The van der Waals surface area contributed by atoms with E-state index >= 15 is 0 Å². The van der Waals surface area contributed by atoms with Crippen molar-refractivity contribution in [3.8, 4) is 0 Å². The van der Waals surface area contributed by atoms with E-state index < -0.39 is 47.0 Å². The molecule has 0 aromatic heterocycles. The molecule has 0 radical (unpaired) electrons. The summed E-state index contributed by atoms with van der Waals surface area (Å²) in [5.74, 6) is -7.87. The summed E-state index contributed by atoms with van der Waals surface area (Å²) in [6, 6.07) is 0. The highest BCUT2D eigenvalue weighted by molar-refractivity contribution is 8.76. The maximum absolute atomic E-state index is 13.9. The quantitative estimate of drug-likeness (QED) is 0.0834. The van der Waals surface area contributed by atoms with Gasteiger partial charge in [-0.25, -0.2) is 17.6 Å². The van der Waals surface area contributed by atoms with Crippen molar-refractivity contribution in [3.63, 3.8) is 0 Å². The van der Waals surface area contributed by atoms with Crippen LogP contribution in [-0.2, 0) is 20.9 Å². The van der Waals surface area contributed by atoms with E-state index in [2.05, 4.69) is 15.3 Å². The SMILES string of the molecule is [N-]=[N+]=Nc1c(F)c(F)c(CNC(=O)CCSSCCN2C(=O)C=CC2=O)c(F)c1F. The fourth-order valence-electron chi connectivity index (χ4n) is 2.26. The standard InChI is InChI=1S/C16H13F4N5O3S2/c17-12-8(13(18)15(20)16(14(12)19)23-24-21)7-22-9(26)3-5-29-30-6-4-25-10(27)1-2-11(25)28/h1-2H,3-7H2,(H,22,26). The molecule has 0 saturated heterocycles. The number of amides is 3. The average molecular weight is 463 g/mol. The second-order valence-electron chi connectivity index (χ2n) is 5.60. The van der Waals surface area contributed by atoms with Gasteiger partial charge in [-0.1, -0.05) is 26.7 Å². The zero-order valence-corrected chi connectivity index (χ0v) is 16.7. The highest BCUT2D eigenvalue weighted by Gasteiger charge is 2.25. The van der Waals surface area contributed by atoms with E-state index in [0.717, 1.165) is 4.90 Å². The number of hydrogen-bond acceptors (Lipinski definition) is 6. The van der Waals surface area contributed by atoms with Crippen LogP contribution in [0.1, 0.15) is 12.0 Å². The molecule has 0 bridgehead atoms. The van der Waals surface area contributed by atoms with Crippen LogP contribution in [0.25, 0.3) is 10.4 Å². The summed E-state index contributed by atoms with van der Waals surface area (Å²) < 4.78 is 55.1. The van der Waals surface area contributed by atoms with Gasteiger partial charge in [-0.05, 0) is 5.53 Å². The fourth-order valence-corrected chi connectivity index (χ4v) is 4.20. The van der Waals surface area contributed by atoms with Crippen molar-refractivity contribution in [2.24, 2.45) is 5.11 Å². The van der Waals surface area contributed by atoms with Crippen molar-refractivity contribution in [1.29, 1.82) is 0 Å². The first-order valence-electron chi connectivity index (χ1n) is 8.22. The number of nitrogens with one attached hydrogen (secondary N) is 1. The van der Waals surface area contributed by atoms with Gasteiger partial charge >= 0.3 is 0 Å². The molecule has 0 spiro atoms. The number of benzene rings is 1. The van der Waals surface area contributed by atoms with Gasteiger partial charge in [0, 0.05) is 53.6 Å². The Balaban J connectivity index is 1.75. The van der Waals surface area contributed by atoms with Crippen molar-refractivity contribution >= 4 is 45.0 Å². The van der Waals surface area contributed by atoms with Crippen LogP contribution in [-0.4, -0.2) is 40.7 Å². The number of carbonyl (C=O) groups is 3. The molecule has 8 nitrogen and oxygen atoms in total. The molecule has 14 heteroatoms. The summed E-state index contributed by atoms with van der Waals surface area (Å²) >= 11 is 0. The Morgan fingerprint density at radius 3 is 2.17 bits per heavy atom. The van der Waals surface area contributed by atoms with Gasteiger partial charge < -0.3 is 5.32 Å². The third kappa shape index (κ3) is 5.68. The number of imide groups is 1. The molecule has 30 heavy (non-hydrogen) atoms. The first-order chi connectivity index (χ1) is 14.3. The Morgan fingerprint density at radius 1 is 1.03 bits per heavy atom. The van der Waals surface area contributed by atoms with Gasteiger partial charge in [0.15, 0.2) is 23.3 Å². The largest absolute Gasteiger partial charge is 0.352 e. The number of rotatable bonds is 10. The molecule has 0 atom stereocenters. The monoisotopic (exact) mass is 463 g/mol. The number of azide groups is 1. The lowest BCUT2D eigenvalue weighted by atomic mass is 10.1. The van der Waals surface area contributed by atoms with E-state index in [1.165, 1.54) is 33.7 Å². The molecule has 0 unspecified atom stereocenters. The molecule has 3 amide bonds. The first-order valence-corrected chi connectivity index (χ1v) is 10.7. The lowest BCUT2D eigenvalue weighted by molar-refractivity contribution is -0.136. The highest BCUT2D eigenvalue weighted by Crippen LogP contribution is 2.30. The Labute approximate surface area is 175 Å². The van der Waals surface area contributed by atoms with Crippen molar-refractivity contribution in [3.05, 3.63) is 51.4 Å². The molecule has 0 saturated carbocycles. The molecule has 1 aromatic carbocycles. The molecule has 160 valence electrons. The van der Waals surface area contributed by atoms with Gasteiger partial charge in [-0.3, -0.25) is 19.3 Å². The van der Waals surface area contributed by atoms with Crippen LogP contribution in [0.4, 0.5) is 23.2 Å². The van der Waals surface area contributed by atoms with Crippen LogP contribution in [0.5, 0.6) is 0 Å². The van der Waals surface area contributed by atoms with Crippen LogP contribution in [0.15, 0.2) is 17.3 Å². The van der Waals surface area contributed by atoms with Crippen LogP contribution in [0, 0.1) is 23.3 Å². The minimum Gasteiger partial charge on any atom is -0.352 e. The van der Waals surface area contributed by atoms with Crippen LogP contribution in [0.3, 0.4) is 0 Å². The third-order valence-corrected chi connectivity index (χ3v) is 6.12. The lowest BCUT2D eigenvalue weighted by Crippen LogP contribution is -2.31. The Kier molecular flexibility index (Phi) is 8.57. The topological polar surface area (TPSA) is 115 Å². The second-order valence-corrected chi connectivity index (χ2v) is 8.31. The third-order valence-electron chi connectivity index (χ3n) is 3.73. The Morgan fingerprint density at radius 2 is 1.60 bits per heavy atom. The maximum Gasteiger partial charge on any atom is 0.253 e. The van der Waals surface area contributed by atoms with E-state index in [0.29, 0.717) is 11.5 Å². The Hall–Kier alpha value is -2.70. The van der Waals surface area contributed by atoms with Crippen LogP contribution < -0.4 is 5.32 Å². The van der Waals surface area contributed by atoms with E-state index in [1.54, 1.807) is 0 Å². The fraction of sp³-hybridized carbons (Fsp3) is 0.312. The Bertz CT molecular complexity index is 906. The summed E-state index contributed by atoms with van der Waals surface area (Å²) in [5, 5.41) is 4.73. The highest BCUT2D eigenvalue weighted by atomic mass is 33.1. The molecule has 0 fully saturated rings. The van der Waals surface area contributed by atoms with E-state index in [1.807, 2.05) is 0 Å². The predicted molar refractivity (Wildman–Crippen MR) is 102 cm³/mol. The summed E-state index contributed by atoms with van der Waals surface area (Å²) in [5.41, 5.74) is 5.73. The smallest absolute Gasteiger partial charge is 0.253 e. The predicted octanol–water partition coefficient (Wildman–Crippen LogP) is 3.50. The zero-order chi connectivity index (χ0) is 22.3. The molecule has 1 aliphatic heterocycles. The van der Waals surface area contributed by atoms with E-state index in [-0.39, 0.29) is 24.8 Å². The van der Waals surface area contributed by atoms with Gasteiger partial charge in [-0.2, -0.15) is 0 Å². The number of carbonyl (C=O) groups excluding carboxylic acids is 3. The second kappa shape index (κ2) is 10.9. The molecule has 1 aliphatic rings. The molecule has 1 aromatic rings. The molecule has 0 aliphatic carbocycles. The molecule has 1 N–H and O–H groups in total. The molecule has 1 heterocycles. The number of halogens is 4. The summed E-state index contributed by atoms with van der Waals surface area (Å²) in [6.45, 7) is -0.582. The van der Waals surface area contributed by atoms with E-state index in [9.17, 15) is 31.9 Å². The van der Waals surface area contributed by atoms with Crippen molar-refractivity contribution < 1.29 is 31.9 Å². The van der Waals surface area contributed by atoms with Gasteiger partial charge in [0.25, 0.3) is 11.8 Å². The first kappa shape index (κ1) is 23.6. The average Bonchev–Trinajstić information content (AvgIpc) is 3.04. The molecular formula is C16H13F4N5O3S2. The van der Waals surface area contributed by atoms with Gasteiger partial charge in [-0.15, -0.1) is 0 Å². The minimum absolute atomic E-state index is 0.0498. The maximum atomic E-state index is 13.9. The normalized spacial score (nSPS) is 13.0. The summed E-state index contributed by atoms with van der Waals surface area (Å²) in [7, 11) is 2.60. The number of hydrogen-bond donors (Lipinski definition) is 1. The lowest BCUT2D eigenvalue weighted by Gasteiger charge is -2.12. The summed E-state index contributed by atoms with van der Waals surface area (Å²) in [6.07, 6.45) is 2.31. The van der Waals surface area contributed by atoms with Crippen molar-refractivity contribution in [2.75, 3.05) is 18.1 Å². The molecular weight excluding hydrogens is 450 g/mol. The minimum atomic E-state index is -1.85. The summed E-state index contributed by atoms with van der Waals surface area (Å²) in [4.78, 5) is 37.6. The zero-order valence-electron chi connectivity index (χ0n) is 15.0. The van der Waals surface area contributed by atoms with Crippen molar-refractivity contribution in [1.82, 2.24) is 10.2 Å². The van der Waals surface area contributed by atoms with E-state index in [4.69, 9.17) is 5.53 Å². The van der Waals surface area contributed by atoms with Gasteiger partial charge in [0.1, 0.15) is 5.69 Å². The van der Waals surface area contributed by atoms with Gasteiger partial charge in [0.2, 0.25) is 5.91 Å². The van der Waals surface area contributed by atoms with Crippen LogP contribution in [0.2, 0.25) is 0 Å². The van der Waals surface area contributed by atoms with Crippen LogP contribution >= 0.6 is 21.6 Å².